The molecule has 0 atom stereocenters. The fourth-order valence-corrected chi connectivity index (χ4v) is 1.16. The predicted molar refractivity (Wildman–Crippen MR) is 42.7 cm³/mol. The van der Waals surface area contributed by atoms with Gasteiger partial charge in [0.05, 0.1) is 0 Å². The van der Waals surface area contributed by atoms with Crippen LogP contribution >= 0.6 is 0 Å². The molecule has 2 rings (SSSR count). The average Bonchev–Trinajstić information content (AvgIpc) is 2.47. The van der Waals surface area contributed by atoms with Gasteiger partial charge in [0.2, 0.25) is 0 Å². The molecule has 1 aromatic rings. The molecule has 11 heavy (non-hydrogen) atoms. The van der Waals surface area contributed by atoms with Gasteiger partial charge in [0.25, 0.3) is 0 Å². The number of rotatable bonds is 0. The Balaban J connectivity index is 2.55. The average molecular weight is 148 g/mol. The number of nitrogens with zero attached hydrogens (tertiary/aromatic N) is 1. The van der Waals surface area contributed by atoms with E-state index in [0.717, 1.165) is 17.0 Å². The minimum Gasteiger partial charge on any atom is -0.487 e. The van der Waals surface area contributed by atoms with Gasteiger partial charge in [-0.15, -0.1) is 0 Å². The van der Waals surface area contributed by atoms with E-state index >= 15 is 0 Å². The summed E-state index contributed by atoms with van der Waals surface area (Å²) in [4.78, 5) is 0. The molecule has 0 spiro atoms. The Morgan fingerprint density at radius 2 is 2.18 bits per heavy atom. The van der Waals surface area contributed by atoms with E-state index in [1.165, 1.54) is 0 Å². The third-order valence-electron chi connectivity index (χ3n) is 1.72. The SMILES string of the molecule is NN=C1COc2ccccc21. The highest BCUT2D eigenvalue weighted by Gasteiger charge is 2.17. The molecule has 0 fully saturated rings. The van der Waals surface area contributed by atoms with Gasteiger partial charge in [0.15, 0.2) is 0 Å². The fourth-order valence-electron chi connectivity index (χ4n) is 1.16. The van der Waals surface area contributed by atoms with E-state index in [1.807, 2.05) is 24.3 Å². The van der Waals surface area contributed by atoms with Crippen molar-refractivity contribution >= 4 is 5.71 Å². The minimum absolute atomic E-state index is 0.496. The Labute approximate surface area is 64.5 Å². The zero-order chi connectivity index (χ0) is 7.68. The Morgan fingerprint density at radius 1 is 1.36 bits per heavy atom. The summed E-state index contributed by atoms with van der Waals surface area (Å²) in [6.45, 7) is 0.496. The van der Waals surface area contributed by atoms with Gasteiger partial charge < -0.3 is 10.6 Å². The molecular weight excluding hydrogens is 140 g/mol. The van der Waals surface area contributed by atoms with E-state index < -0.39 is 0 Å². The second kappa shape index (κ2) is 2.27. The molecule has 0 aliphatic carbocycles. The largest absolute Gasteiger partial charge is 0.487 e. The lowest BCUT2D eigenvalue weighted by Gasteiger charge is -1.93. The number of para-hydroxylation sites is 1. The van der Waals surface area contributed by atoms with E-state index in [4.69, 9.17) is 10.6 Å². The van der Waals surface area contributed by atoms with Crippen LogP contribution in [0.2, 0.25) is 0 Å². The second-order valence-electron chi connectivity index (χ2n) is 2.36. The van der Waals surface area contributed by atoms with Gasteiger partial charge in [-0.1, -0.05) is 12.1 Å². The topological polar surface area (TPSA) is 47.6 Å². The van der Waals surface area contributed by atoms with Crippen LogP contribution < -0.4 is 10.6 Å². The van der Waals surface area contributed by atoms with Crippen molar-refractivity contribution in [2.75, 3.05) is 6.61 Å². The monoisotopic (exact) mass is 148 g/mol. The van der Waals surface area contributed by atoms with Crippen LogP contribution in [0.1, 0.15) is 5.56 Å². The maximum absolute atomic E-state index is 5.29. The lowest BCUT2D eigenvalue weighted by atomic mass is 10.1. The number of hydrazone groups is 1. The van der Waals surface area contributed by atoms with Crippen LogP contribution in [0, 0.1) is 0 Å². The summed E-state index contributed by atoms with van der Waals surface area (Å²) in [6, 6.07) is 7.73. The van der Waals surface area contributed by atoms with Crippen molar-refractivity contribution in [3.63, 3.8) is 0 Å². The molecule has 2 N–H and O–H groups in total. The molecule has 0 saturated carbocycles. The number of fused-ring (bicyclic) bond motifs is 1. The molecule has 0 unspecified atom stereocenters. The van der Waals surface area contributed by atoms with Gasteiger partial charge >= 0.3 is 0 Å². The Bertz CT molecular complexity index is 307. The summed E-state index contributed by atoms with van der Waals surface area (Å²) in [7, 11) is 0. The standard InChI is InChI=1S/C8H8N2O/c9-10-7-5-11-8-4-2-1-3-6(7)8/h1-4H,5,9H2. The zero-order valence-corrected chi connectivity index (χ0v) is 5.95. The van der Waals surface area contributed by atoms with Gasteiger partial charge in [-0.05, 0) is 12.1 Å². The van der Waals surface area contributed by atoms with Gasteiger partial charge in [-0.2, -0.15) is 5.10 Å². The van der Waals surface area contributed by atoms with Crippen molar-refractivity contribution in [3.8, 4) is 5.75 Å². The first-order valence-corrected chi connectivity index (χ1v) is 3.41. The maximum Gasteiger partial charge on any atom is 0.133 e. The summed E-state index contributed by atoms with van der Waals surface area (Å²) in [5.74, 6) is 6.03. The number of nitrogens with two attached hydrogens (primary N) is 1. The normalized spacial score (nSPS) is 18.0. The van der Waals surface area contributed by atoms with Gasteiger partial charge in [0.1, 0.15) is 18.1 Å². The molecule has 0 radical (unpaired) electrons. The Kier molecular flexibility index (Phi) is 1.28. The lowest BCUT2D eigenvalue weighted by Crippen LogP contribution is -2.04. The van der Waals surface area contributed by atoms with E-state index in [1.54, 1.807) is 0 Å². The summed E-state index contributed by atoms with van der Waals surface area (Å²) < 4.78 is 5.29. The van der Waals surface area contributed by atoms with Gasteiger partial charge in [-0.25, -0.2) is 0 Å². The number of hydrogen-bond acceptors (Lipinski definition) is 3. The Hall–Kier alpha value is -1.51. The molecule has 0 amide bonds. The highest BCUT2D eigenvalue weighted by Crippen LogP contribution is 2.23. The molecular formula is C8H8N2O. The smallest absolute Gasteiger partial charge is 0.133 e. The van der Waals surface area contributed by atoms with Crippen LogP contribution in [0.3, 0.4) is 0 Å². The molecule has 1 heterocycles. The molecule has 1 aromatic carbocycles. The lowest BCUT2D eigenvalue weighted by molar-refractivity contribution is 0.392. The minimum atomic E-state index is 0.496. The van der Waals surface area contributed by atoms with Crippen molar-refractivity contribution in [2.45, 2.75) is 0 Å². The number of benzene rings is 1. The fraction of sp³-hybridized carbons (Fsp3) is 0.125. The second-order valence-corrected chi connectivity index (χ2v) is 2.36. The molecule has 1 aliphatic heterocycles. The van der Waals surface area contributed by atoms with E-state index in [-0.39, 0.29) is 0 Å². The van der Waals surface area contributed by atoms with Crippen LogP contribution in [-0.2, 0) is 0 Å². The molecule has 3 nitrogen and oxygen atoms in total. The molecule has 0 saturated heterocycles. The first-order valence-electron chi connectivity index (χ1n) is 3.41. The van der Waals surface area contributed by atoms with Crippen LogP contribution in [0.25, 0.3) is 0 Å². The highest BCUT2D eigenvalue weighted by molar-refractivity contribution is 6.05. The number of ether oxygens (including phenoxy) is 1. The van der Waals surface area contributed by atoms with Crippen molar-refractivity contribution in [2.24, 2.45) is 10.9 Å². The third kappa shape index (κ3) is 0.852. The zero-order valence-electron chi connectivity index (χ0n) is 5.95. The summed E-state index contributed by atoms with van der Waals surface area (Å²) >= 11 is 0. The first kappa shape index (κ1) is 6.22. The van der Waals surface area contributed by atoms with Crippen molar-refractivity contribution < 1.29 is 4.74 Å². The summed E-state index contributed by atoms with van der Waals surface area (Å²) in [5.41, 5.74) is 1.83. The predicted octanol–water partition coefficient (Wildman–Crippen LogP) is 0.742. The van der Waals surface area contributed by atoms with Crippen LogP contribution in [0.5, 0.6) is 5.75 Å². The van der Waals surface area contributed by atoms with E-state index in [0.29, 0.717) is 6.61 Å². The van der Waals surface area contributed by atoms with Crippen molar-refractivity contribution in [3.05, 3.63) is 29.8 Å². The van der Waals surface area contributed by atoms with Crippen molar-refractivity contribution in [1.82, 2.24) is 0 Å². The highest BCUT2D eigenvalue weighted by atomic mass is 16.5. The van der Waals surface area contributed by atoms with Gasteiger partial charge in [0, 0.05) is 5.56 Å². The van der Waals surface area contributed by atoms with Crippen LogP contribution in [-0.4, -0.2) is 12.3 Å². The van der Waals surface area contributed by atoms with Crippen LogP contribution in [0.4, 0.5) is 0 Å². The molecule has 1 aliphatic rings. The van der Waals surface area contributed by atoms with Crippen molar-refractivity contribution in [1.29, 1.82) is 0 Å². The molecule has 0 bridgehead atoms. The molecule has 56 valence electrons. The summed E-state index contributed by atoms with van der Waals surface area (Å²) in [6.07, 6.45) is 0. The Morgan fingerprint density at radius 3 is 3.00 bits per heavy atom. The quantitative estimate of drug-likeness (QED) is 0.435. The van der Waals surface area contributed by atoms with E-state index in [2.05, 4.69) is 5.10 Å². The van der Waals surface area contributed by atoms with Crippen LogP contribution in [0.15, 0.2) is 29.4 Å². The summed E-state index contributed by atoms with van der Waals surface area (Å²) in [5, 5.41) is 3.62. The first-order chi connectivity index (χ1) is 5.42. The molecule has 0 aromatic heterocycles. The van der Waals surface area contributed by atoms with E-state index in [9.17, 15) is 0 Å². The molecule has 3 heteroatoms. The third-order valence-corrected chi connectivity index (χ3v) is 1.72. The van der Waals surface area contributed by atoms with Gasteiger partial charge in [-0.3, -0.25) is 0 Å². The number of hydrogen-bond donors (Lipinski definition) is 1. The maximum atomic E-state index is 5.29.